The van der Waals surface area contributed by atoms with Gasteiger partial charge in [-0.3, -0.25) is 4.79 Å². The third-order valence-corrected chi connectivity index (χ3v) is 3.86. The van der Waals surface area contributed by atoms with Crippen molar-refractivity contribution in [3.8, 4) is 0 Å². The molecule has 1 atom stereocenters. The smallest absolute Gasteiger partial charge is 0.224 e. The van der Waals surface area contributed by atoms with Crippen molar-refractivity contribution in [3.05, 3.63) is 0 Å². The summed E-state index contributed by atoms with van der Waals surface area (Å²) in [4.78, 5) is 12.2. The molecule has 1 rings (SSSR count). The number of carbonyl (C=O) groups is 1. The Bertz CT molecular complexity index is 233. The molecule has 0 aromatic heterocycles. The third-order valence-electron chi connectivity index (χ3n) is 3.86. The summed E-state index contributed by atoms with van der Waals surface area (Å²) in [6, 6.07) is 0.388. The largest absolute Gasteiger partial charge is 0.353 e. The zero-order valence-electron chi connectivity index (χ0n) is 12.1. The van der Waals surface area contributed by atoms with E-state index in [1.54, 1.807) is 0 Å². The second kappa shape index (κ2) is 8.52. The molecule has 0 aromatic carbocycles. The average molecular weight is 254 g/mol. The fraction of sp³-hybridized carbons (Fsp3) is 0.933. The number of hydrogen-bond donors (Lipinski definition) is 2. The number of carbonyl (C=O) groups excluding carboxylic acids is 1. The van der Waals surface area contributed by atoms with E-state index in [-0.39, 0.29) is 11.8 Å². The van der Waals surface area contributed by atoms with Crippen molar-refractivity contribution in [1.29, 1.82) is 0 Å². The van der Waals surface area contributed by atoms with Crippen LogP contribution < -0.4 is 11.1 Å². The molecule has 0 bridgehead atoms. The van der Waals surface area contributed by atoms with Crippen LogP contribution >= 0.6 is 0 Å². The van der Waals surface area contributed by atoms with E-state index < -0.39 is 0 Å². The maximum Gasteiger partial charge on any atom is 0.224 e. The van der Waals surface area contributed by atoms with Crippen LogP contribution in [0.5, 0.6) is 0 Å². The molecule has 1 fully saturated rings. The quantitative estimate of drug-likeness (QED) is 0.792. The van der Waals surface area contributed by atoms with Gasteiger partial charge in [-0.15, -0.1) is 0 Å². The zero-order chi connectivity index (χ0) is 13.4. The molecule has 0 spiro atoms. The third kappa shape index (κ3) is 5.85. The summed E-state index contributed by atoms with van der Waals surface area (Å²) in [5, 5.41) is 3.22. The predicted octanol–water partition coefficient (Wildman–Crippen LogP) is 2.84. The fourth-order valence-electron chi connectivity index (χ4n) is 2.80. The van der Waals surface area contributed by atoms with Crippen molar-refractivity contribution >= 4 is 5.91 Å². The summed E-state index contributed by atoms with van der Waals surface area (Å²) in [5.41, 5.74) is 5.72. The summed E-state index contributed by atoms with van der Waals surface area (Å²) in [5.74, 6) is 0.703. The molecule has 3 nitrogen and oxygen atoms in total. The molecule has 1 aliphatic rings. The molecule has 1 amide bonds. The number of hydrogen-bond acceptors (Lipinski definition) is 2. The van der Waals surface area contributed by atoms with Crippen LogP contribution in [0.3, 0.4) is 0 Å². The van der Waals surface area contributed by atoms with E-state index >= 15 is 0 Å². The van der Waals surface area contributed by atoms with E-state index in [9.17, 15) is 4.79 Å². The second-order valence-electron chi connectivity index (χ2n) is 6.11. The van der Waals surface area contributed by atoms with Crippen LogP contribution in [0.25, 0.3) is 0 Å². The molecule has 1 unspecified atom stereocenters. The van der Waals surface area contributed by atoms with Gasteiger partial charge < -0.3 is 11.1 Å². The molecule has 18 heavy (non-hydrogen) atoms. The molecule has 1 saturated carbocycles. The first-order valence-corrected chi connectivity index (χ1v) is 7.64. The van der Waals surface area contributed by atoms with Crippen molar-refractivity contribution in [3.63, 3.8) is 0 Å². The highest BCUT2D eigenvalue weighted by Gasteiger charge is 2.21. The molecule has 3 heteroatoms. The maximum absolute atomic E-state index is 12.2. The van der Waals surface area contributed by atoms with Crippen molar-refractivity contribution in [1.82, 2.24) is 5.32 Å². The Balaban J connectivity index is 2.39. The summed E-state index contributed by atoms with van der Waals surface area (Å²) in [6.07, 6.45) is 9.69. The first-order chi connectivity index (χ1) is 8.63. The maximum atomic E-state index is 12.2. The van der Waals surface area contributed by atoms with Gasteiger partial charge in [0.1, 0.15) is 0 Å². The Morgan fingerprint density at radius 3 is 2.22 bits per heavy atom. The van der Waals surface area contributed by atoms with Gasteiger partial charge in [0.15, 0.2) is 0 Å². The Morgan fingerprint density at radius 1 is 1.17 bits per heavy atom. The first kappa shape index (κ1) is 15.5. The SMILES string of the molecule is CC(C)CC(CN)C(=O)NC1CCCCCCC1. The highest BCUT2D eigenvalue weighted by molar-refractivity contribution is 5.79. The monoisotopic (exact) mass is 254 g/mol. The van der Waals surface area contributed by atoms with Crippen LogP contribution in [-0.2, 0) is 4.79 Å². The zero-order valence-corrected chi connectivity index (χ0v) is 12.1. The lowest BCUT2D eigenvalue weighted by atomic mass is 9.93. The molecule has 0 heterocycles. The lowest BCUT2D eigenvalue weighted by Crippen LogP contribution is -2.42. The molecule has 1 aliphatic carbocycles. The first-order valence-electron chi connectivity index (χ1n) is 7.64. The van der Waals surface area contributed by atoms with E-state index in [1.165, 1.54) is 32.1 Å². The van der Waals surface area contributed by atoms with Gasteiger partial charge in [-0.25, -0.2) is 0 Å². The van der Waals surface area contributed by atoms with Gasteiger partial charge in [0, 0.05) is 12.6 Å². The van der Waals surface area contributed by atoms with Crippen molar-refractivity contribution in [2.75, 3.05) is 6.54 Å². The van der Waals surface area contributed by atoms with Gasteiger partial charge in [-0.05, 0) is 25.2 Å². The van der Waals surface area contributed by atoms with Gasteiger partial charge in [0.25, 0.3) is 0 Å². The van der Waals surface area contributed by atoms with Crippen LogP contribution in [-0.4, -0.2) is 18.5 Å². The molecular weight excluding hydrogens is 224 g/mol. The summed E-state index contributed by atoms with van der Waals surface area (Å²) >= 11 is 0. The second-order valence-corrected chi connectivity index (χ2v) is 6.11. The minimum Gasteiger partial charge on any atom is -0.353 e. The van der Waals surface area contributed by atoms with Gasteiger partial charge in [-0.2, -0.15) is 0 Å². The topological polar surface area (TPSA) is 55.1 Å². The normalized spacial score (nSPS) is 20.2. The van der Waals surface area contributed by atoms with E-state index in [0.717, 1.165) is 19.3 Å². The van der Waals surface area contributed by atoms with Crippen LogP contribution in [0, 0.1) is 11.8 Å². The van der Waals surface area contributed by atoms with Gasteiger partial charge in [0.2, 0.25) is 5.91 Å². The molecule has 0 aromatic rings. The lowest BCUT2D eigenvalue weighted by Gasteiger charge is -2.24. The van der Waals surface area contributed by atoms with Crippen molar-refractivity contribution in [2.45, 2.75) is 71.3 Å². The Kier molecular flexibility index (Phi) is 7.33. The van der Waals surface area contributed by atoms with E-state index in [0.29, 0.717) is 18.5 Å². The minimum atomic E-state index is -0.00422. The van der Waals surface area contributed by atoms with Crippen molar-refractivity contribution in [2.24, 2.45) is 17.6 Å². The van der Waals surface area contributed by atoms with E-state index in [1.807, 2.05) is 0 Å². The standard InChI is InChI=1S/C15H30N2O/c1-12(2)10-13(11-16)15(18)17-14-8-6-4-3-5-7-9-14/h12-14H,3-11,16H2,1-2H3,(H,17,18). The number of nitrogens with two attached hydrogens (primary N) is 1. The van der Waals surface area contributed by atoms with Gasteiger partial charge >= 0.3 is 0 Å². The number of amides is 1. The van der Waals surface area contributed by atoms with E-state index in [4.69, 9.17) is 5.73 Å². The Labute approximate surface area is 112 Å². The molecule has 3 N–H and O–H groups in total. The highest BCUT2D eigenvalue weighted by Crippen LogP contribution is 2.18. The van der Waals surface area contributed by atoms with E-state index in [2.05, 4.69) is 19.2 Å². The Hall–Kier alpha value is -0.570. The highest BCUT2D eigenvalue weighted by atomic mass is 16.1. The van der Waals surface area contributed by atoms with Crippen molar-refractivity contribution < 1.29 is 4.79 Å². The summed E-state index contributed by atoms with van der Waals surface area (Å²) < 4.78 is 0. The number of nitrogens with one attached hydrogen (secondary N) is 1. The average Bonchev–Trinajstić information content (AvgIpc) is 2.28. The molecule has 106 valence electrons. The van der Waals surface area contributed by atoms with Crippen LogP contribution in [0.2, 0.25) is 0 Å². The minimum absolute atomic E-state index is 0.00422. The molecular formula is C15H30N2O. The fourth-order valence-corrected chi connectivity index (χ4v) is 2.80. The van der Waals surface area contributed by atoms with Gasteiger partial charge in [0.05, 0.1) is 5.92 Å². The molecule has 0 radical (unpaired) electrons. The van der Waals surface area contributed by atoms with Crippen LogP contribution in [0.15, 0.2) is 0 Å². The predicted molar refractivity (Wildman–Crippen MR) is 76.2 cm³/mol. The lowest BCUT2D eigenvalue weighted by molar-refractivity contribution is -0.126. The Morgan fingerprint density at radius 2 is 1.72 bits per heavy atom. The number of rotatable bonds is 5. The molecule has 0 aliphatic heterocycles. The van der Waals surface area contributed by atoms with Gasteiger partial charge in [-0.1, -0.05) is 46.0 Å². The summed E-state index contributed by atoms with van der Waals surface area (Å²) in [6.45, 7) is 4.76. The molecule has 0 saturated heterocycles. The summed E-state index contributed by atoms with van der Waals surface area (Å²) in [7, 11) is 0. The van der Waals surface area contributed by atoms with Crippen LogP contribution in [0.1, 0.15) is 65.2 Å². The van der Waals surface area contributed by atoms with Crippen LogP contribution in [0.4, 0.5) is 0 Å².